The van der Waals surface area contributed by atoms with Crippen molar-refractivity contribution in [1.29, 1.82) is 0 Å². The van der Waals surface area contributed by atoms with Crippen molar-refractivity contribution in [2.45, 2.75) is 38.3 Å². The number of urea groups is 1. The number of hydrogen-bond donors (Lipinski definition) is 1. The molecule has 1 saturated heterocycles. The molecular formula is C19H23N5O. The zero-order valence-electron chi connectivity index (χ0n) is 14.4. The van der Waals surface area contributed by atoms with Gasteiger partial charge in [-0.2, -0.15) is 0 Å². The summed E-state index contributed by atoms with van der Waals surface area (Å²) >= 11 is 0. The van der Waals surface area contributed by atoms with E-state index in [0.717, 1.165) is 49.3 Å². The number of fused-ring (bicyclic) bond motifs is 2. The Labute approximate surface area is 147 Å². The molecule has 3 aliphatic rings. The second kappa shape index (κ2) is 6.70. The summed E-state index contributed by atoms with van der Waals surface area (Å²) in [4.78, 5) is 25.6. The first-order chi connectivity index (χ1) is 12.2. The Morgan fingerprint density at radius 1 is 1.32 bits per heavy atom. The summed E-state index contributed by atoms with van der Waals surface area (Å²) in [6.07, 6.45) is 12.7. The maximum absolute atomic E-state index is 12.7. The van der Waals surface area contributed by atoms with E-state index in [1.807, 2.05) is 31.2 Å². The second-order valence-electron chi connectivity index (χ2n) is 6.89. The molecule has 4 rings (SSSR count). The van der Waals surface area contributed by atoms with Gasteiger partial charge in [-0.25, -0.2) is 9.79 Å². The molecule has 1 saturated carbocycles. The second-order valence-corrected chi connectivity index (χ2v) is 6.89. The predicted molar refractivity (Wildman–Crippen MR) is 98.0 cm³/mol. The van der Waals surface area contributed by atoms with Crippen LogP contribution in [0.5, 0.6) is 0 Å². The zero-order chi connectivity index (χ0) is 17.2. The summed E-state index contributed by atoms with van der Waals surface area (Å²) in [6, 6.07) is 4.41. The van der Waals surface area contributed by atoms with Crippen LogP contribution in [0.3, 0.4) is 0 Å². The van der Waals surface area contributed by atoms with Crippen molar-refractivity contribution in [2.75, 3.05) is 13.1 Å². The Bertz CT molecular complexity index is 750. The average Bonchev–Trinajstić information content (AvgIpc) is 3.30. The number of carbonyl (C=O) groups is 1. The number of aromatic nitrogens is 1. The van der Waals surface area contributed by atoms with Crippen molar-refractivity contribution in [2.24, 2.45) is 4.99 Å². The monoisotopic (exact) mass is 337 g/mol. The molecule has 25 heavy (non-hydrogen) atoms. The number of aliphatic imine (C=N–C) groups is 1. The molecular weight excluding hydrogens is 314 g/mol. The molecule has 1 aromatic rings. The maximum atomic E-state index is 12.7. The third-order valence-corrected chi connectivity index (χ3v) is 4.79. The largest absolute Gasteiger partial charge is 0.375 e. The summed E-state index contributed by atoms with van der Waals surface area (Å²) in [5.74, 6) is 0. The lowest BCUT2D eigenvalue weighted by Crippen LogP contribution is -2.47. The topological polar surface area (TPSA) is 60.8 Å². The zero-order valence-corrected chi connectivity index (χ0v) is 14.4. The van der Waals surface area contributed by atoms with E-state index in [1.54, 1.807) is 17.4 Å². The van der Waals surface area contributed by atoms with Crippen LogP contribution in [0, 0.1) is 6.92 Å². The number of nitrogens with zero attached hydrogens (tertiary/aromatic N) is 4. The number of carbonyl (C=O) groups excluding carboxylic acids is 1. The van der Waals surface area contributed by atoms with Crippen molar-refractivity contribution in [3.63, 3.8) is 0 Å². The number of rotatable bonds is 2. The van der Waals surface area contributed by atoms with E-state index >= 15 is 0 Å². The van der Waals surface area contributed by atoms with Crippen LogP contribution in [0.2, 0.25) is 0 Å². The summed E-state index contributed by atoms with van der Waals surface area (Å²) in [5.41, 5.74) is 2.77. The Balaban J connectivity index is 1.64. The van der Waals surface area contributed by atoms with E-state index in [9.17, 15) is 4.79 Å². The van der Waals surface area contributed by atoms with E-state index in [4.69, 9.17) is 0 Å². The summed E-state index contributed by atoms with van der Waals surface area (Å²) in [5, 5.41) is 3.08. The lowest BCUT2D eigenvalue weighted by molar-refractivity contribution is 0.210. The first-order valence-corrected chi connectivity index (χ1v) is 8.87. The minimum atomic E-state index is -0.0343. The Morgan fingerprint density at radius 3 is 3.00 bits per heavy atom. The van der Waals surface area contributed by atoms with Crippen LogP contribution in [0.4, 0.5) is 4.79 Å². The molecule has 2 fully saturated rings. The molecule has 0 radical (unpaired) electrons. The average molecular weight is 337 g/mol. The van der Waals surface area contributed by atoms with Crippen LogP contribution in [0.15, 0.2) is 41.7 Å². The molecule has 3 heterocycles. The minimum Gasteiger partial charge on any atom is -0.375 e. The van der Waals surface area contributed by atoms with Crippen LogP contribution in [-0.4, -0.2) is 52.3 Å². The SMILES string of the molecule is Cc1cc(C2=CC=CN3CC[C@@H](C3)N(C(=O)NC3CC3)C=N2)ccn1. The molecule has 2 bridgehead atoms. The number of hydrogen-bond acceptors (Lipinski definition) is 4. The molecule has 1 N–H and O–H groups in total. The first-order valence-electron chi connectivity index (χ1n) is 8.87. The van der Waals surface area contributed by atoms with E-state index in [2.05, 4.69) is 26.4 Å². The van der Waals surface area contributed by atoms with Crippen LogP contribution in [0.25, 0.3) is 5.70 Å². The minimum absolute atomic E-state index is 0.0343. The lowest BCUT2D eigenvalue weighted by Gasteiger charge is -2.25. The predicted octanol–water partition coefficient (Wildman–Crippen LogP) is 2.53. The van der Waals surface area contributed by atoms with Crippen LogP contribution in [0.1, 0.15) is 30.5 Å². The van der Waals surface area contributed by atoms with Gasteiger partial charge in [0.1, 0.15) is 0 Å². The fraction of sp³-hybridized carbons (Fsp3) is 0.421. The van der Waals surface area contributed by atoms with Crippen LogP contribution < -0.4 is 5.32 Å². The maximum Gasteiger partial charge on any atom is 0.323 e. The van der Waals surface area contributed by atoms with Gasteiger partial charge in [0.25, 0.3) is 0 Å². The third-order valence-electron chi connectivity index (χ3n) is 4.79. The normalized spacial score (nSPS) is 22.8. The van der Waals surface area contributed by atoms with Gasteiger partial charge in [0.15, 0.2) is 0 Å². The quantitative estimate of drug-likeness (QED) is 0.902. The smallest absolute Gasteiger partial charge is 0.323 e. The van der Waals surface area contributed by atoms with Gasteiger partial charge in [0.2, 0.25) is 0 Å². The number of nitrogens with one attached hydrogen (secondary N) is 1. The molecule has 1 atom stereocenters. The summed E-state index contributed by atoms with van der Waals surface area (Å²) in [7, 11) is 0. The van der Waals surface area contributed by atoms with Gasteiger partial charge in [0.05, 0.1) is 18.1 Å². The van der Waals surface area contributed by atoms with Gasteiger partial charge < -0.3 is 10.2 Å². The Hall–Kier alpha value is -2.63. The van der Waals surface area contributed by atoms with Crippen molar-refractivity contribution < 1.29 is 4.79 Å². The van der Waals surface area contributed by atoms with E-state index in [-0.39, 0.29) is 12.1 Å². The van der Waals surface area contributed by atoms with Gasteiger partial charge >= 0.3 is 6.03 Å². The van der Waals surface area contributed by atoms with E-state index < -0.39 is 0 Å². The van der Waals surface area contributed by atoms with Crippen molar-refractivity contribution in [1.82, 2.24) is 20.1 Å². The van der Waals surface area contributed by atoms with E-state index in [0.29, 0.717) is 6.04 Å². The molecule has 6 heteroatoms. The highest BCUT2D eigenvalue weighted by Gasteiger charge is 2.32. The molecule has 2 amide bonds. The molecule has 0 spiro atoms. The molecule has 1 aliphatic carbocycles. The van der Waals surface area contributed by atoms with Gasteiger partial charge in [0, 0.05) is 36.6 Å². The highest BCUT2D eigenvalue weighted by Crippen LogP contribution is 2.23. The number of aryl methyl sites for hydroxylation is 1. The van der Waals surface area contributed by atoms with Crippen LogP contribution in [-0.2, 0) is 0 Å². The molecule has 6 nitrogen and oxygen atoms in total. The van der Waals surface area contributed by atoms with Crippen molar-refractivity contribution in [3.8, 4) is 0 Å². The molecule has 0 unspecified atom stereocenters. The molecule has 130 valence electrons. The van der Waals surface area contributed by atoms with Gasteiger partial charge in [-0.3, -0.25) is 9.88 Å². The van der Waals surface area contributed by atoms with Crippen molar-refractivity contribution in [3.05, 3.63) is 47.9 Å². The molecule has 0 aromatic carbocycles. The number of amides is 2. The van der Waals surface area contributed by atoms with Crippen molar-refractivity contribution >= 4 is 18.1 Å². The fourth-order valence-corrected chi connectivity index (χ4v) is 3.22. The highest BCUT2D eigenvalue weighted by molar-refractivity contribution is 5.89. The summed E-state index contributed by atoms with van der Waals surface area (Å²) in [6.45, 7) is 3.77. The molecule has 2 aliphatic heterocycles. The van der Waals surface area contributed by atoms with Gasteiger partial charge in [-0.05, 0) is 56.7 Å². The third kappa shape index (κ3) is 3.73. The number of pyridine rings is 1. The standard InChI is InChI=1S/C19H23N5O/c1-14-11-15(6-8-20-14)18-3-2-9-23-10-7-17(12-23)24(13-21-18)19(25)22-16-4-5-16/h2-3,6,8-9,11,13,16-17H,4-5,7,10,12H2,1H3,(H,22,25)/t17-/m0/s1. The lowest BCUT2D eigenvalue weighted by atomic mass is 10.1. The van der Waals surface area contributed by atoms with Gasteiger partial charge in [-0.1, -0.05) is 0 Å². The van der Waals surface area contributed by atoms with E-state index in [1.165, 1.54) is 0 Å². The summed E-state index contributed by atoms with van der Waals surface area (Å²) < 4.78 is 0. The van der Waals surface area contributed by atoms with Crippen LogP contribution >= 0.6 is 0 Å². The highest BCUT2D eigenvalue weighted by atomic mass is 16.2. The molecule has 1 aromatic heterocycles. The Morgan fingerprint density at radius 2 is 2.20 bits per heavy atom. The number of allylic oxidation sites excluding steroid dienone is 2. The fourth-order valence-electron chi connectivity index (χ4n) is 3.22. The first kappa shape index (κ1) is 15.9. The van der Waals surface area contributed by atoms with Gasteiger partial charge in [-0.15, -0.1) is 0 Å². The Kier molecular flexibility index (Phi) is 4.26.